The molecule has 4 rings (SSSR count). The number of primary sulfonamides is 4. The van der Waals surface area contributed by atoms with Crippen LogP contribution in [0.4, 0.5) is 0 Å². The lowest BCUT2D eigenvalue weighted by atomic mass is 9.99. The average Bonchev–Trinajstić information content (AvgIpc) is 3.88. The predicted molar refractivity (Wildman–Crippen MR) is 233 cm³/mol. The lowest BCUT2D eigenvalue weighted by Crippen LogP contribution is -2.34. The van der Waals surface area contributed by atoms with Crippen LogP contribution in [-0.4, -0.2) is 54.7 Å². The summed E-state index contributed by atoms with van der Waals surface area (Å²) < 4.78 is 90.8. The first kappa shape index (κ1) is 52.6. The van der Waals surface area contributed by atoms with Gasteiger partial charge in [0.25, 0.3) is 0 Å². The molecule has 8 atom stereocenters. The number of hydrogen-bond acceptors (Lipinski definition) is 8. The van der Waals surface area contributed by atoms with E-state index < -0.39 is 40.1 Å². The fraction of sp³-hybridized carbons (Fsp3) is 0.800. The molecule has 12 nitrogen and oxygen atoms in total. The molecule has 0 bridgehead atoms. The second kappa shape index (κ2) is 24.0. The van der Waals surface area contributed by atoms with E-state index in [2.05, 4.69) is 26.3 Å². The van der Waals surface area contributed by atoms with Crippen molar-refractivity contribution < 1.29 is 33.7 Å². The number of hydrogen-bond donors (Lipinski definition) is 4. The zero-order valence-electron chi connectivity index (χ0n) is 34.6. The molecule has 0 aliphatic heterocycles. The van der Waals surface area contributed by atoms with E-state index in [1.54, 1.807) is 24.3 Å². The topological polar surface area (TPSA) is 241 Å². The Kier molecular flexibility index (Phi) is 22.6. The van der Waals surface area contributed by atoms with Gasteiger partial charge in [0.2, 0.25) is 40.1 Å². The normalized spacial score (nSPS) is 21.6. The van der Waals surface area contributed by atoms with E-state index in [-0.39, 0.29) is 44.7 Å². The minimum atomic E-state index is -3.39. The van der Waals surface area contributed by atoms with Gasteiger partial charge in [-0.2, -0.15) is 0 Å². The van der Waals surface area contributed by atoms with Crippen molar-refractivity contribution in [2.45, 2.75) is 151 Å². The summed E-state index contributed by atoms with van der Waals surface area (Å²) >= 11 is 0. The van der Waals surface area contributed by atoms with Gasteiger partial charge in [0.1, 0.15) is 0 Å². The molecular weight excluding hydrogens is 793 g/mol. The first-order valence-electron chi connectivity index (χ1n) is 20.3. The number of rotatable bonds is 24. The van der Waals surface area contributed by atoms with Crippen molar-refractivity contribution in [2.75, 3.05) is 0 Å². The molecule has 0 saturated heterocycles. The molecule has 0 heterocycles. The molecule has 0 aromatic carbocycles. The molecule has 4 fully saturated rings. The van der Waals surface area contributed by atoms with Crippen molar-refractivity contribution in [3.8, 4) is 0 Å². The van der Waals surface area contributed by atoms with Crippen LogP contribution in [0, 0.1) is 47.3 Å². The van der Waals surface area contributed by atoms with E-state index in [9.17, 15) is 33.7 Å². The third-order valence-corrected chi connectivity index (χ3v) is 17.4. The fourth-order valence-corrected chi connectivity index (χ4v) is 12.3. The maximum absolute atomic E-state index is 11.4. The molecule has 0 radical (unpaired) electrons. The van der Waals surface area contributed by atoms with E-state index in [0.717, 1.165) is 77.0 Å². The molecule has 0 spiro atoms. The van der Waals surface area contributed by atoms with Gasteiger partial charge in [0.05, 0.1) is 21.0 Å². The van der Waals surface area contributed by atoms with Gasteiger partial charge < -0.3 is 0 Å². The van der Waals surface area contributed by atoms with Crippen LogP contribution in [0.5, 0.6) is 0 Å². The number of nitrogens with two attached hydrogens (primary N) is 4. The van der Waals surface area contributed by atoms with Gasteiger partial charge in [-0.05, 0) is 98.7 Å². The predicted octanol–water partition coefficient (Wildman–Crippen LogP) is 6.62. The van der Waals surface area contributed by atoms with Crippen molar-refractivity contribution in [1.29, 1.82) is 0 Å². The van der Waals surface area contributed by atoms with Crippen molar-refractivity contribution in [1.82, 2.24) is 0 Å². The van der Waals surface area contributed by atoms with Gasteiger partial charge in [-0.1, -0.05) is 103 Å². The molecule has 16 heteroatoms. The monoisotopic (exact) mass is 868 g/mol. The van der Waals surface area contributed by atoms with Gasteiger partial charge in [-0.15, -0.1) is 26.3 Å². The molecule has 0 amide bonds. The molecule has 328 valence electrons. The van der Waals surface area contributed by atoms with Crippen LogP contribution in [0.2, 0.25) is 0 Å². The van der Waals surface area contributed by atoms with Crippen LogP contribution in [0.3, 0.4) is 0 Å². The molecule has 0 aromatic heterocycles. The summed E-state index contributed by atoms with van der Waals surface area (Å²) in [5.41, 5.74) is 0. The van der Waals surface area contributed by atoms with E-state index in [0.29, 0.717) is 49.4 Å². The minimum absolute atomic E-state index is 0.0862. The lowest BCUT2D eigenvalue weighted by Gasteiger charge is -2.20. The summed E-state index contributed by atoms with van der Waals surface area (Å²) in [6.07, 6.45) is 22.1. The van der Waals surface area contributed by atoms with Crippen LogP contribution >= 0.6 is 0 Å². The summed E-state index contributed by atoms with van der Waals surface area (Å²) in [7, 11) is -13.6. The molecule has 56 heavy (non-hydrogen) atoms. The molecule has 0 aromatic rings. The van der Waals surface area contributed by atoms with Crippen molar-refractivity contribution in [3.05, 3.63) is 50.6 Å². The Labute approximate surface area is 342 Å². The maximum atomic E-state index is 11.4. The highest BCUT2D eigenvalue weighted by atomic mass is 32.2. The quantitative estimate of drug-likeness (QED) is 0.0767. The van der Waals surface area contributed by atoms with Crippen LogP contribution < -0.4 is 20.6 Å². The second-order valence-electron chi connectivity index (χ2n) is 17.2. The van der Waals surface area contributed by atoms with E-state index in [1.165, 1.54) is 0 Å². The molecule has 4 aliphatic rings. The van der Waals surface area contributed by atoms with E-state index in [1.807, 2.05) is 27.7 Å². The van der Waals surface area contributed by atoms with Crippen LogP contribution in [-0.2, 0) is 40.1 Å². The molecule has 4 saturated carbocycles. The zero-order valence-corrected chi connectivity index (χ0v) is 37.9. The van der Waals surface area contributed by atoms with E-state index in [4.69, 9.17) is 20.6 Å². The van der Waals surface area contributed by atoms with Crippen molar-refractivity contribution >= 4 is 40.1 Å². The van der Waals surface area contributed by atoms with Gasteiger partial charge in [-0.3, -0.25) is 0 Å². The Morgan fingerprint density at radius 3 is 0.625 bits per heavy atom. The molecular formula is C40H76N4O8S4. The Hall–Kier alpha value is -1.40. The van der Waals surface area contributed by atoms with Gasteiger partial charge in [-0.25, -0.2) is 54.2 Å². The Bertz CT molecular complexity index is 1420. The first-order chi connectivity index (χ1) is 25.8. The van der Waals surface area contributed by atoms with Crippen molar-refractivity contribution in [2.24, 2.45) is 67.9 Å². The molecule has 0 unspecified atom stereocenters. The van der Waals surface area contributed by atoms with Crippen LogP contribution in [0.25, 0.3) is 0 Å². The largest absolute Gasteiger partial charge is 0.228 e. The third-order valence-electron chi connectivity index (χ3n) is 11.4. The molecule has 4 aliphatic carbocycles. The van der Waals surface area contributed by atoms with Gasteiger partial charge in [0.15, 0.2) is 0 Å². The second-order valence-corrected chi connectivity index (χ2v) is 24.4. The highest BCUT2D eigenvalue weighted by Crippen LogP contribution is 2.39. The summed E-state index contributed by atoms with van der Waals surface area (Å²) in [6, 6.07) is 0. The first-order valence-corrected chi connectivity index (χ1v) is 26.7. The standard InChI is InChI=1S/4C10H19NO2S/c4*1-3-4-8(2)10(14(11,12)13)7-9-5-6-9/h4*3,8-10H,1,4-7H2,2H3,(H2,11,12,13)/t2*8-,10+;2*8-,10-/m1010/s1. The van der Waals surface area contributed by atoms with Crippen LogP contribution in [0.15, 0.2) is 50.6 Å². The fourth-order valence-electron chi connectivity index (χ4n) is 7.15. The number of sulfonamides is 4. The zero-order chi connectivity index (χ0) is 43.1. The summed E-state index contributed by atoms with van der Waals surface area (Å²) in [4.78, 5) is 0. The SMILES string of the molecule is C=CC[C@@H](C)[C@@H](CC1CC1)S(N)(=O)=O.C=CC[C@@H](C)[C@H](CC1CC1)S(N)(=O)=O.C=CC[C@H](C)[C@@H](CC1CC1)S(N)(=O)=O.C=CC[C@H](C)[C@H](CC1CC1)S(N)(=O)=O. The molecule has 8 N–H and O–H groups in total. The minimum Gasteiger partial charge on any atom is -0.228 e. The summed E-state index contributed by atoms with van der Waals surface area (Å²) in [6.45, 7) is 22.2. The van der Waals surface area contributed by atoms with E-state index >= 15 is 0 Å². The Morgan fingerprint density at radius 1 is 0.393 bits per heavy atom. The summed E-state index contributed by atoms with van der Waals surface area (Å²) in [5, 5.41) is 19.4. The Morgan fingerprint density at radius 2 is 0.536 bits per heavy atom. The number of allylic oxidation sites excluding steroid dienone is 4. The van der Waals surface area contributed by atoms with Crippen molar-refractivity contribution in [3.63, 3.8) is 0 Å². The third kappa shape index (κ3) is 22.7. The van der Waals surface area contributed by atoms with Gasteiger partial charge in [0, 0.05) is 0 Å². The maximum Gasteiger partial charge on any atom is 0.212 e. The van der Waals surface area contributed by atoms with Gasteiger partial charge >= 0.3 is 0 Å². The smallest absolute Gasteiger partial charge is 0.212 e. The lowest BCUT2D eigenvalue weighted by molar-refractivity contribution is 0.472. The Balaban J connectivity index is 0.000000373. The highest BCUT2D eigenvalue weighted by molar-refractivity contribution is 7.90. The van der Waals surface area contributed by atoms with Crippen LogP contribution in [0.1, 0.15) is 130 Å². The average molecular weight is 869 g/mol. The summed E-state index contributed by atoms with van der Waals surface area (Å²) in [5.74, 6) is 2.70. The highest BCUT2D eigenvalue weighted by Gasteiger charge is 2.37.